The number of nitrogens with two attached hydrogens (primary N) is 1. The van der Waals surface area contributed by atoms with E-state index in [9.17, 15) is 9.59 Å². The summed E-state index contributed by atoms with van der Waals surface area (Å²) >= 11 is 0. The van der Waals surface area contributed by atoms with E-state index in [2.05, 4.69) is 13.8 Å². The highest BCUT2D eigenvalue weighted by Gasteiger charge is 2.37. The molecular formula is C20H35NO4. The molecule has 2 fully saturated rings. The van der Waals surface area contributed by atoms with Crippen LogP contribution in [-0.4, -0.2) is 30.2 Å². The molecule has 5 heteroatoms. The first-order chi connectivity index (χ1) is 11.9. The maximum Gasteiger partial charge on any atom is 0.323 e. The Morgan fingerprint density at radius 3 is 2.52 bits per heavy atom. The van der Waals surface area contributed by atoms with Gasteiger partial charge in [-0.05, 0) is 50.9 Å². The van der Waals surface area contributed by atoms with Gasteiger partial charge in [-0.15, -0.1) is 0 Å². The van der Waals surface area contributed by atoms with E-state index >= 15 is 0 Å². The Balaban J connectivity index is 2.11. The molecule has 1 aliphatic heterocycles. The highest BCUT2D eigenvalue weighted by atomic mass is 16.6. The number of cyclic esters (lactones) is 1. The normalized spacial score (nSPS) is 32.0. The lowest BCUT2D eigenvalue weighted by Crippen LogP contribution is -2.42. The zero-order valence-electron chi connectivity index (χ0n) is 16.0. The van der Waals surface area contributed by atoms with Crippen LogP contribution in [0.4, 0.5) is 0 Å². The van der Waals surface area contributed by atoms with Crippen molar-refractivity contribution in [2.75, 3.05) is 0 Å². The topological polar surface area (TPSA) is 78.6 Å². The summed E-state index contributed by atoms with van der Waals surface area (Å²) in [5.74, 6) is 0.353. The predicted octanol–water partition coefficient (Wildman–Crippen LogP) is 3.58. The molecule has 0 amide bonds. The Morgan fingerprint density at radius 2 is 1.88 bits per heavy atom. The average molecular weight is 354 g/mol. The highest BCUT2D eigenvalue weighted by Crippen LogP contribution is 2.32. The van der Waals surface area contributed by atoms with Crippen LogP contribution in [0.15, 0.2) is 0 Å². The van der Waals surface area contributed by atoms with Crippen LogP contribution < -0.4 is 5.73 Å². The van der Waals surface area contributed by atoms with E-state index in [0.717, 1.165) is 51.4 Å². The van der Waals surface area contributed by atoms with Crippen molar-refractivity contribution in [3.8, 4) is 0 Å². The van der Waals surface area contributed by atoms with Crippen molar-refractivity contribution in [3.05, 3.63) is 0 Å². The minimum absolute atomic E-state index is 0.0172. The zero-order valence-corrected chi connectivity index (χ0v) is 16.0. The van der Waals surface area contributed by atoms with Crippen molar-refractivity contribution in [1.29, 1.82) is 0 Å². The van der Waals surface area contributed by atoms with E-state index in [1.54, 1.807) is 0 Å². The van der Waals surface area contributed by atoms with Crippen LogP contribution >= 0.6 is 0 Å². The smallest absolute Gasteiger partial charge is 0.323 e. The summed E-state index contributed by atoms with van der Waals surface area (Å²) in [6.07, 6.45) is 7.70. The minimum Gasteiger partial charge on any atom is -0.458 e. The number of ether oxygens (including phenoxy) is 2. The standard InChI is InChI=1S/C20H35NO4/c1-13(2)11-12-15-9-6-10-17(21)20(23)24-14(3)18(15)25-19(22)16-7-4-5-8-16/h13-18H,4-12,21H2,1-3H3. The van der Waals surface area contributed by atoms with Crippen molar-refractivity contribution in [2.45, 2.75) is 96.8 Å². The number of carbonyl (C=O) groups is 2. The van der Waals surface area contributed by atoms with Gasteiger partial charge in [0.05, 0.1) is 5.92 Å². The third-order valence-corrected chi connectivity index (χ3v) is 5.68. The largest absolute Gasteiger partial charge is 0.458 e. The van der Waals surface area contributed by atoms with Crippen LogP contribution in [0.2, 0.25) is 0 Å². The lowest BCUT2D eigenvalue weighted by atomic mass is 9.86. The van der Waals surface area contributed by atoms with Gasteiger partial charge in [-0.25, -0.2) is 0 Å². The quantitative estimate of drug-likeness (QED) is 0.764. The summed E-state index contributed by atoms with van der Waals surface area (Å²) < 4.78 is 11.5. The Morgan fingerprint density at radius 1 is 1.20 bits per heavy atom. The van der Waals surface area contributed by atoms with Crippen LogP contribution in [0.3, 0.4) is 0 Å². The third kappa shape index (κ3) is 5.98. The minimum atomic E-state index is -0.572. The van der Waals surface area contributed by atoms with E-state index in [1.807, 2.05) is 6.92 Å². The van der Waals surface area contributed by atoms with Gasteiger partial charge in [-0.3, -0.25) is 9.59 Å². The van der Waals surface area contributed by atoms with Crippen molar-refractivity contribution in [1.82, 2.24) is 0 Å². The van der Waals surface area contributed by atoms with Gasteiger partial charge in [0.1, 0.15) is 18.2 Å². The number of hydrogen-bond donors (Lipinski definition) is 1. The molecule has 0 aromatic rings. The van der Waals surface area contributed by atoms with E-state index in [4.69, 9.17) is 15.2 Å². The van der Waals surface area contributed by atoms with Crippen molar-refractivity contribution >= 4 is 11.9 Å². The molecule has 1 aliphatic carbocycles. The van der Waals surface area contributed by atoms with Crippen molar-refractivity contribution < 1.29 is 19.1 Å². The van der Waals surface area contributed by atoms with E-state index in [0.29, 0.717) is 12.3 Å². The summed E-state index contributed by atoms with van der Waals surface area (Å²) in [6.45, 7) is 6.24. The van der Waals surface area contributed by atoms with Crippen LogP contribution in [0.25, 0.3) is 0 Å². The lowest BCUT2D eigenvalue weighted by molar-refractivity contribution is -0.174. The second-order valence-electron chi connectivity index (χ2n) is 8.29. The van der Waals surface area contributed by atoms with Crippen LogP contribution in [0.5, 0.6) is 0 Å². The van der Waals surface area contributed by atoms with E-state index in [1.165, 1.54) is 0 Å². The van der Waals surface area contributed by atoms with Crippen LogP contribution in [-0.2, 0) is 19.1 Å². The number of hydrogen-bond acceptors (Lipinski definition) is 5. The Bertz CT molecular complexity index is 445. The molecule has 0 spiro atoms. The van der Waals surface area contributed by atoms with E-state index < -0.39 is 12.1 Å². The maximum absolute atomic E-state index is 12.6. The summed E-state index contributed by atoms with van der Waals surface area (Å²) in [5, 5.41) is 0. The van der Waals surface area contributed by atoms with Crippen LogP contribution in [0.1, 0.15) is 78.6 Å². The molecule has 2 N–H and O–H groups in total. The van der Waals surface area contributed by atoms with Gasteiger partial charge in [0.15, 0.2) is 0 Å². The molecule has 144 valence electrons. The Hall–Kier alpha value is -1.10. The molecule has 4 atom stereocenters. The number of rotatable bonds is 5. The first-order valence-corrected chi connectivity index (χ1v) is 10.0. The second-order valence-corrected chi connectivity index (χ2v) is 8.29. The fraction of sp³-hybridized carbons (Fsp3) is 0.900. The first kappa shape index (κ1) is 20.2. The van der Waals surface area contributed by atoms with Gasteiger partial charge >= 0.3 is 11.9 Å². The summed E-state index contributed by atoms with van der Waals surface area (Å²) in [5.41, 5.74) is 5.91. The predicted molar refractivity (Wildman–Crippen MR) is 96.8 cm³/mol. The lowest BCUT2D eigenvalue weighted by Gasteiger charge is -2.32. The monoisotopic (exact) mass is 353 g/mol. The molecule has 0 radical (unpaired) electrons. The molecule has 0 aromatic carbocycles. The fourth-order valence-electron chi connectivity index (χ4n) is 4.04. The Labute approximate surface area is 152 Å². The van der Waals surface area contributed by atoms with Crippen LogP contribution in [0, 0.1) is 17.8 Å². The van der Waals surface area contributed by atoms with Gasteiger partial charge in [0, 0.05) is 0 Å². The molecule has 5 nitrogen and oxygen atoms in total. The highest BCUT2D eigenvalue weighted by molar-refractivity contribution is 5.76. The van der Waals surface area contributed by atoms with Gasteiger partial charge in [-0.1, -0.05) is 39.5 Å². The second kappa shape index (κ2) is 9.56. The maximum atomic E-state index is 12.6. The molecule has 1 saturated heterocycles. The molecule has 2 aliphatic rings. The number of esters is 2. The van der Waals surface area contributed by atoms with Gasteiger partial charge < -0.3 is 15.2 Å². The first-order valence-electron chi connectivity index (χ1n) is 10.0. The van der Waals surface area contributed by atoms with Gasteiger partial charge in [-0.2, -0.15) is 0 Å². The zero-order chi connectivity index (χ0) is 18.4. The molecular weight excluding hydrogens is 318 g/mol. The van der Waals surface area contributed by atoms with Crippen molar-refractivity contribution in [3.63, 3.8) is 0 Å². The SMILES string of the molecule is CC(C)CCC1CCCC(N)C(=O)OC(C)C1OC(=O)C1CCCC1. The fourth-order valence-corrected chi connectivity index (χ4v) is 4.04. The Kier molecular flexibility index (Phi) is 7.73. The van der Waals surface area contributed by atoms with E-state index in [-0.39, 0.29) is 29.9 Å². The molecule has 2 rings (SSSR count). The molecule has 0 bridgehead atoms. The molecule has 0 aromatic heterocycles. The summed E-state index contributed by atoms with van der Waals surface area (Å²) in [4.78, 5) is 24.7. The average Bonchev–Trinajstić information content (AvgIpc) is 3.09. The molecule has 1 heterocycles. The molecule has 25 heavy (non-hydrogen) atoms. The third-order valence-electron chi connectivity index (χ3n) is 5.68. The van der Waals surface area contributed by atoms with Gasteiger partial charge in [0.2, 0.25) is 0 Å². The summed E-state index contributed by atoms with van der Waals surface area (Å²) in [6, 6.07) is -0.572. The molecule has 1 saturated carbocycles. The molecule has 4 unspecified atom stereocenters. The number of carbonyl (C=O) groups excluding carboxylic acids is 2. The summed E-state index contributed by atoms with van der Waals surface area (Å²) in [7, 11) is 0. The van der Waals surface area contributed by atoms with Crippen molar-refractivity contribution in [2.24, 2.45) is 23.5 Å². The van der Waals surface area contributed by atoms with Gasteiger partial charge in [0.25, 0.3) is 0 Å².